The van der Waals surface area contributed by atoms with Crippen LogP contribution >= 0.6 is 0 Å². The van der Waals surface area contributed by atoms with Crippen molar-refractivity contribution in [3.8, 4) is 0 Å². The smallest absolute Gasteiger partial charge is 0.227 e. The molecule has 0 aromatic rings. The van der Waals surface area contributed by atoms with Crippen LogP contribution in [-0.4, -0.2) is 51.8 Å². The van der Waals surface area contributed by atoms with Crippen molar-refractivity contribution in [2.24, 2.45) is 15.8 Å². The average Bonchev–Trinajstić information content (AvgIpc) is 2.44. The summed E-state index contributed by atoms with van der Waals surface area (Å²) in [5.74, 6) is 0.730. The number of amides is 1. The van der Waals surface area contributed by atoms with Gasteiger partial charge in [-0.3, -0.25) is 9.79 Å². The van der Waals surface area contributed by atoms with Crippen LogP contribution in [0.2, 0.25) is 0 Å². The van der Waals surface area contributed by atoms with Crippen LogP contribution in [0, 0.1) is 10.8 Å². The zero-order chi connectivity index (χ0) is 16.3. The number of nitrogens with zero attached hydrogens (tertiary/aromatic N) is 1. The Balaban J connectivity index is 2.53. The average molecular weight is 298 g/mol. The molecule has 0 aliphatic heterocycles. The Morgan fingerprint density at radius 3 is 2.48 bits per heavy atom. The van der Waals surface area contributed by atoms with Gasteiger partial charge in [-0.2, -0.15) is 0 Å². The molecular weight excluding hydrogens is 268 g/mol. The molecule has 0 heterocycles. The first-order chi connectivity index (χ1) is 9.68. The summed E-state index contributed by atoms with van der Waals surface area (Å²) in [7, 11) is 5.14. The first kappa shape index (κ1) is 17.8. The Morgan fingerprint density at radius 2 is 2.05 bits per heavy atom. The number of methoxy groups -OCH3 is 1. The van der Waals surface area contributed by atoms with Crippen molar-refractivity contribution < 1.29 is 9.53 Å². The van der Waals surface area contributed by atoms with Crippen LogP contribution in [-0.2, 0) is 9.53 Å². The highest BCUT2D eigenvalue weighted by molar-refractivity contribution is 5.84. The first-order valence-corrected chi connectivity index (χ1v) is 7.41. The Kier molecular flexibility index (Phi) is 5.61. The quantitative estimate of drug-likeness (QED) is 0.517. The van der Waals surface area contributed by atoms with Crippen LogP contribution in [0.5, 0.6) is 0 Å². The highest BCUT2D eigenvalue weighted by Crippen LogP contribution is 2.42. The molecule has 2 unspecified atom stereocenters. The van der Waals surface area contributed by atoms with Crippen molar-refractivity contribution in [1.29, 1.82) is 0 Å². The van der Waals surface area contributed by atoms with Crippen LogP contribution in [0.15, 0.2) is 4.99 Å². The van der Waals surface area contributed by atoms with Gasteiger partial charge in [0, 0.05) is 39.2 Å². The summed E-state index contributed by atoms with van der Waals surface area (Å²) in [6.07, 6.45) is 1.23. The molecule has 0 saturated heterocycles. The largest absolute Gasteiger partial charge is 0.381 e. The summed E-state index contributed by atoms with van der Waals surface area (Å²) in [5, 5.41) is 9.33. The number of ether oxygens (including phenoxy) is 1. The zero-order valence-corrected chi connectivity index (χ0v) is 14.3. The number of aliphatic imine (C=N–C) groups is 1. The van der Waals surface area contributed by atoms with Gasteiger partial charge in [0.25, 0.3) is 0 Å². The molecule has 3 N–H and O–H groups in total. The molecule has 0 bridgehead atoms. The molecule has 6 nitrogen and oxygen atoms in total. The van der Waals surface area contributed by atoms with Gasteiger partial charge in [0.05, 0.1) is 11.5 Å². The molecule has 1 amide bonds. The third-order valence-corrected chi connectivity index (χ3v) is 4.54. The van der Waals surface area contributed by atoms with Gasteiger partial charge in [0.1, 0.15) is 0 Å². The van der Waals surface area contributed by atoms with E-state index in [-0.39, 0.29) is 17.4 Å². The molecule has 0 spiro atoms. The molecular formula is C15H30N4O2. The second kappa shape index (κ2) is 6.64. The third kappa shape index (κ3) is 3.87. The normalized spacial score (nSPS) is 25.0. The highest BCUT2D eigenvalue weighted by atomic mass is 16.5. The Labute approximate surface area is 128 Å². The minimum atomic E-state index is -0.490. The maximum absolute atomic E-state index is 11.8. The number of carbonyl (C=O) groups is 1. The maximum Gasteiger partial charge on any atom is 0.227 e. The van der Waals surface area contributed by atoms with Gasteiger partial charge in [-0.15, -0.1) is 0 Å². The molecule has 6 heteroatoms. The van der Waals surface area contributed by atoms with Crippen molar-refractivity contribution in [2.45, 2.75) is 46.3 Å². The second-order valence-electron chi connectivity index (χ2n) is 6.87. The summed E-state index contributed by atoms with van der Waals surface area (Å²) in [6.45, 7) is 8.70. The van der Waals surface area contributed by atoms with Crippen molar-refractivity contribution in [2.75, 3.05) is 27.7 Å². The van der Waals surface area contributed by atoms with Gasteiger partial charge in [-0.25, -0.2) is 0 Å². The van der Waals surface area contributed by atoms with Gasteiger partial charge in [-0.1, -0.05) is 13.8 Å². The van der Waals surface area contributed by atoms with Crippen LogP contribution < -0.4 is 16.0 Å². The standard InChI is InChI=1S/C15H30N4O2/c1-14(2,12(20)16-5)9-18-13(17-6)19-10-8-11(21-7)15(10,3)4/h10-11H,8-9H2,1-7H3,(H,16,20)(H2,17,18,19). The van der Waals surface area contributed by atoms with E-state index in [9.17, 15) is 4.79 Å². The third-order valence-electron chi connectivity index (χ3n) is 4.54. The monoisotopic (exact) mass is 298 g/mol. The van der Waals surface area contributed by atoms with E-state index < -0.39 is 5.41 Å². The van der Waals surface area contributed by atoms with E-state index in [4.69, 9.17) is 4.74 Å². The maximum atomic E-state index is 11.8. The molecule has 0 aromatic heterocycles. The number of hydrogen-bond donors (Lipinski definition) is 3. The molecule has 1 aliphatic rings. The number of guanidine groups is 1. The van der Waals surface area contributed by atoms with Crippen LogP contribution in [0.1, 0.15) is 34.1 Å². The van der Waals surface area contributed by atoms with Crippen LogP contribution in [0.25, 0.3) is 0 Å². The molecule has 1 aliphatic carbocycles. The number of carbonyl (C=O) groups excluding carboxylic acids is 1. The molecule has 1 rings (SSSR count). The van der Waals surface area contributed by atoms with Gasteiger partial charge in [0.2, 0.25) is 5.91 Å². The molecule has 21 heavy (non-hydrogen) atoms. The Hall–Kier alpha value is -1.30. The van der Waals surface area contributed by atoms with Gasteiger partial charge in [-0.05, 0) is 20.3 Å². The van der Waals surface area contributed by atoms with Gasteiger partial charge >= 0.3 is 0 Å². The van der Waals surface area contributed by atoms with E-state index in [2.05, 4.69) is 34.8 Å². The first-order valence-electron chi connectivity index (χ1n) is 7.41. The van der Waals surface area contributed by atoms with Crippen LogP contribution in [0.3, 0.4) is 0 Å². The summed E-state index contributed by atoms with van der Waals surface area (Å²) in [5.41, 5.74) is -0.417. The van der Waals surface area contributed by atoms with E-state index in [0.717, 1.165) is 12.4 Å². The molecule has 0 aromatic carbocycles. The SMILES string of the molecule is CN=C(NCC(C)(C)C(=O)NC)NC1CC(OC)C1(C)C. The lowest BCUT2D eigenvalue weighted by molar-refractivity contribution is -0.128. The lowest BCUT2D eigenvalue weighted by atomic mass is 9.64. The van der Waals surface area contributed by atoms with Crippen molar-refractivity contribution in [1.82, 2.24) is 16.0 Å². The summed E-state index contributed by atoms with van der Waals surface area (Å²) < 4.78 is 5.45. The van der Waals surface area contributed by atoms with E-state index in [1.165, 1.54) is 0 Å². The van der Waals surface area contributed by atoms with Gasteiger partial charge in [0.15, 0.2) is 5.96 Å². The van der Waals surface area contributed by atoms with Crippen molar-refractivity contribution in [3.05, 3.63) is 0 Å². The van der Waals surface area contributed by atoms with Crippen molar-refractivity contribution >= 4 is 11.9 Å². The number of rotatable bonds is 5. The van der Waals surface area contributed by atoms with E-state index in [1.54, 1.807) is 21.2 Å². The molecule has 1 fully saturated rings. The minimum absolute atomic E-state index is 0.00822. The fourth-order valence-electron chi connectivity index (χ4n) is 2.61. The van der Waals surface area contributed by atoms with E-state index >= 15 is 0 Å². The molecule has 1 saturated carbocycles. The number of hydrogen-bond acceptors (Lipinski definition) is 3. The highest BCUT2D eigenvalue weighted by Gasteiger charge is 2.49. The van der Waals surface area contributed by atoms with E-state index in [1.807, 2.05) is 13.8 Å². The summed E-state index contributed by atoms with van der Waals surface area (Å²) >= 11 is 0. The van der Waals surface area contributed by atoms with E-state index in [0.29, 0.717) is 12.6 Å². The predicted molar refractivity (Wildman–Crippen MR) is 85.3 cm³/mol. The predicted octanol–water partition coefficient (Wildman–Crippen LogP) is 0.737. The fraction of sp³-hybridized carbons (Fsp3) is 0.867. The Bertz CT molecular complexity index is 404. The summed E-state index contributed by atoms with van der Waals surface area (Å²) in [6, 6.07) is 0.316. The Morgan fingerprint density at radius 1 is 1.43 bits per heavy atom. The molecule has 122 valence electrons. The second-order valence-corrected chi connectivity index (χ2v) is 6.87. The lowest BCUT2D eigenvalue weighted by Crippen LogP contribution is -2.63. The lowest BCUT2D eigenvalue weighted by Gasteiger charge is -2.51. The summed E-state index contributed by atoms with van der Waals surface area (Å²) in [4.78, 5) is 16.0. The molecule has 0 radical (unpaired) electrons. The minimum Gasteiger partial charge on any atom is -0.381 e. The topological polar surface area (TPSA) is 74.8 Å². The molecule has 2 atom stereocenters. The fourth-order valence-corrected chi connectivity index (χ4v) is 2.61. The zero-order valence-electron chi connectivity index (χ0n) is 14.3. The van der Waals surface area contributed by atoms with Crippen LogP contribution in [0.4, 0.5) is 0 Å². The number of nitrogens with one attached hydrogen (secondary N) is 3. The van der Waals surface area contributed by atoms with Crippen molar-refractivity contribution in [3.63, 3.8) is 0 Å². The van der Waals surface area contributed by atoms with Gasteiger partial charge < -0.3 is 20.7 Å².